The second kappa shape index (κ2) is 4.35. The van der Waals surface area contributed by atoms with E-state index >= 15 is 0 Å². The lowest BCUT2D eigenvalue weighted by molar-refractivity contribution is 0.0967. The fraction of sp³-hybridized carbons (Fsp3) is 0.214. The van der Waals surface area contributed by atoms with Crippen molar-refractivity contribution < 1.29 is 9.21 Å². The van der Waals surface area contributed by atoms with Gasteiger partial charge in [0.05, 0.1) is 5.56 Å². The first-order valence-corrected chi connectivity index (χ1v) is 6.02. The van der Waals surface area contributed by atoms with Crippen LogP contribution in [-0.4, -0.2) is 20.5 Å². The van der Waals surface area contributed by atoms with E-state index < -0.39 is 0 Å². The maximum absolute atomic E-state index is 12.3. The Kier molecular flexibility index (Phi) is 2.67. The SMILES string of the molecule is Cc1nc(C)n(CC(=O)c2coc3ccccc23)n1. The van der Waals surface area contributed by atoms with Gasteiger partial charge in [-0.05, 0) is 19.9 Å². The zero-order valence-corrected chi connectivity index (χ0v) is 10.8. The molecule has 96 valence electrons. The largest absolute Gasteiger partial charge is 0.464 e. The van der Waals surface area contributed by atoms with Gasteiger partial charge in [-0.3, -0.25) is 4.79 Å². The van der Waals surface area contributed by atoms with Crippen molar-refractivity contribution in [2.45, 2.75) is 20.4 Å². The maximum Gasteiger partial charge on any atom is 0.188 e. The minimum atomic E-state index is -0.0297. The molecule has 1 aromatic carbocycles. The molecule has 0 bridgehead atoms. The molecule has 0 atom stereocenters. The molecule has 0 N–H and O–H groups in total. The van der Waals surface area contributed by atoms with Crippen LogP contribution in [0.15, 0.2) is 34.9 Å². The monoisotopic (exact) mass is 255 g/mol. The fourth-order valence-corrected chi connectivity index (χ4v) is 2.13. The number of aryl methyl sites for hydroxylation is 2. The van der Waals surface area contributed by atoms with Crippen molar-refractivity contribution in [3.8, 4) is 0 Å². The molecule has 3 rings (SSSR count). The Hall–Kier alpha value is -2.43. The van der Waals surface area contributed by atoms with Crippen LogP contribution in [0.1, 0.15) is 22.0 Å². The molecular weight excluding hydrogens is 242 g/mol. The zero-order valence-electron chi connectivity index (χ0n) is 10.8. The van der Waals surface area contributed by atoms with Crippen LogP contribution in [0.2, 0.25) is 0 Å². The molecule has 0 saturated carbocycles. The molecule has 0 fully saturated rings. The van der Waals surface area contributed by atoms with Gasteiger partial charge in [-0.25, -0.2) is 9.67 Å². The van der Waals surface area contributed by atoms with E-state index in [1.165, 1.54) is 6.26 Å². The van der Waals surface area contributed by atoms with Crippen LogP contribution in [0.5, 0.6) is 0 Å². The van der Waals surface area contributed by atoms with Crippen molar-refractivity contribution in [2.24, 2.45) is 0 Å². The summed E-state index contributed by atoms with van der Waals surface area (Å²) in [7, 11) is 0. The van der Waals surface area contributed by atoms with Crippen molar-refractivity contribution >= 4 is 16.8 Å². The van der Waals surface area contributed by atoms with Gasteiger partial charge in [-0.1, -0.05) is 18.2 Å². The Labute approximate surface area is 109 Å². The first-order chi connectivity index (χ1) is 9.15. The van der Waals surface area contributed by atoms with E-state index in [1.807, 2.05) is 31.2 Å². The van der Waals surface area contributed by atoms with E-state index in [4.69, 9.17) is 4.42 Å². The normalized spacial score (nSPS) is 11.1. The van der Waals surface area contributed by atoms with Crippen LogP contribution in [-0.2, 0) is 6.54 Å². The molecule has 3 aromatic rings. The summed E-state index contributed by atoms with van der Waals surface area (Å²) in [5.41, 5.74) is 1.31. The Bertz CT molecular complexity index is 755. The highest BCUT2D eigenvalue weighted by atomic mass is 16.3. The van der Waals surface area contributed by atoms with Crippen LogP contribution in [0.3, 0.4) is 0 Å². The van der Waals surface area contributed by atoms with Gasteiger partial charge in [-0.15, -0.1) is 0 Å². The van der Waals surface area contributed by atoms with Crippen molar-refractivity contribution in [3.05, 3.63) is 47.7 Å². The summed E-state index contributed by atoms with van der Waals surface area (Å²) < 4.78 is 6.99. The summed E-state index contributed by atoms with van der Waals surface area (Å²) in [6.07, 6.45) is 1.51. The van der Waals surface area contributed by atoms with E-state index in [-0.39, 0.29) is 12.3 Å². The predicted molar refractivity (Wildman–Crippen MR) is 70.0 cm³/mol. The lowest BCUT2D eigenvalue weighted by Crippen LogP contribution is -2.12. The van der Waals surface area contributed by atoms with Gasteiger partial charge < -0.3 is 4.42 Å². The third-order valence-corrected chi connectivity index (χ3v) is 3.04. The zero-order chi connectivity index (χ0) is 13.4. The van der Waals surface area contributed by atoms with Crippen molar-refractivity contribution in [1.82, 2.24) is 14.8 Å². The average Bonchev–Trinajstić information content (AvgIpc) is 2.93. The van der Waals surface area contributed by atoms with Crippen molar-refractivity contribution in [1.29, 1.82) is 0 Å². The highest BCUT2D eigenvalue weighted by Crippen LogP contribution is 2.21. The van der Waals surface area contributed by atoms with E-state index in [1.54, 1.807) is 11.6 Å². The first-order valence-electron chi connectivity index (χ1n) is 6.02. The third-order valence-electron chi connectivity index (χ3n) is 3.04. The number of hydrogen-bond acceptors (Lipinski definition) is 4. The summed E-state index contributed by atoms with van der Waals surface area (Å²) in [4.78, 5) is 16.5. The number of benzene rings is 1. The Balaban J connectivity index is 1.94. The molecule has 0 unspecified atom stereocenters. The molecule has 5 heteroatoms. The van der Waals surface area contributed by atoms with Crippen LogP contribution in [0, 0.1) is 13.8 Å². The second-order valence-corrected chi connectivity index (χ2v) is 4.43. The molecule has 0 saturated heterocycles. The minimum Gasteiger partial charge on any atom is -0.464 e. The van der Waals surface area contributed by atoms with E-state index in [0.717, 1.165) is 16.8 Å². The molecule has 0 aliphatic heterocycles. The van der Waals surface area contributed by atoms with Gasteiger partial charge in [0.25, 0.3) is 0 Å². The Morgan fingerprint density at radius 2 is 2.11 bits per heavy atom. The number of carbonyl (C=O) groups is 1. The van der Waals surface area contributed by atoms with Crippen LogP contribution in [0.4, 0.5) is 0 Å². The molecule has 19 heavy (non-hydrogen) atoms. The summed E-state index contributed by atoms with van der Waals surface area (Å²) >= 11 is 0. The summed E-state index contributed by atoms with van der Waals surface area (Å²) in [6, 6.07) is 7.49. The Morgan fingerprint density at radius 1 is 1.32 bits per heavy atom. The fourth-order valence-electron chi connectivity index (χ4n) is 2.13. The van der Waals surface area contributed by atoms with Crippen LogP contribution < -0.4 is 0 Å². The van der Waals surface area contributed by atoms with Gasteiger partial charge in [0.2, 0.25) is 0 Å². The molecule has 0 spiro atoms. The highest BCUT2D eigenvalue weighted by molar-refractivity contribution is 6.06. The van der Waals surface area contributed by atoms with Gasteiger partial charge in [0.1, 0.15) is 30.0 Å². The average molecular weight is 255 g/mol. The molecule has 0 radical (unpaired) electrons. The van der Waals surface area contributed by atoms with Gasteiger partial charge in [-0.2, -0.15) is 5.10 Å². The van der Waals surface area contributed by atoms with Gasteiger partial charge >= 0.3 is 0 Å². The smallest absolute Gasteiger partial charge is 0.188 e. The summed E-state index contributed by atoms with van der Waals surface area (Å²) in [5.74, 6) is 1.37. The quantitative estimate of drug-likeness (QED) is 0.675. The van der Waals surface area contributed by atoms with E-state index in [0.29, 0.717) is 11.4 Å². The number of furan rings is 1. The van der Waals surface area contributed by atoms with Gasteiger partial charge in [0.15, 0.2) is 5.78 Å². The number of para-hydroxylation sites is 1. The molecule has 0 aliphatic carbocycles. The van der Waals surface area contributed by atoms with Gasteiger partial charge in [0, 0.05) is 5.39 Å². The number of Topliss-reactive ketones (excluding diaryl/α,β-unsaturated/α-hetero) is 1. The van der Waals surface area contributed by atoms with E-state index in [9.17, 15) is 4.79 Å². The molecule has 0 amide bonds. The minimum absolute atomic E-state index is 0.0297. The number of nitrogens with zero attached hydrogens (tertiary/aromatic N) is 3. The van der Waals surface area contributed by atoms with Crippen molar-refractivity contribution in [3.63, 3.8) is 0 Å². The number of ketones is 1. The first kappa shape index (κ1) is 11.6. The number of carbonyl (C=O) groups excluding carboxylic acids is 1. The maximum atomic E-state index is 12.3. The number of hydrogen-bond donors (Lipinski definition) is 0. The topological polar surface area (TPSA) is 60.9 Å². The number of rotatable bonds is 3. The summed E-state index contributed by atoms with van der Waals surface area (Å²) in [5, 5.41) is 5.03. The van der Waals surface area contributed by atoms with Crippen molar-refractivity contribution in [2.75, 3.05) is 0 Å². The Morgan fingerprint density at radius 3 is 2.84 bits per heavy atom. The second-order valence-electron chi connectivity index (χ2n) is 4.43. The lowest BCUT2D eigenvalue weighted by atomic mass is 10.1. The summed E-state index contributed by atoms with van der Waals surface area (Å²) in [6.45, 7) is 3.82. The standard InChI is InChI=1S/C14H13N3O2/c1-9-15-10(2)17(16-9)7-13(18)12-8-19-14-6-4-3-5-11(12)14/h3-6,8H,7H2,1-2H3. The molecular formula is C14H13N3O2. The predicted octanol–water partition coefficient (Wildman–Crippen LogP) is 2.52. The molecule has 2 heterocycles. The third kappa shape index (κ3) is 2.03. The van der Waals surface area contributed by atoms with Crippen LogP contribution in [0.25, 0.3) is 11.0 Å². The van der Waals surface area contributed by atoms with Crippen LogP contribution >= 0.6 is 0 Å². The highest BCUT2D eigenvalue weighted by Gasteiger charge is 2.15. The molecule has 2 aromatic heterocycles. The number of aromatic nitrogens is 3. The lowest BCUT2D eigenvalue weighted by Gasteiger charge is -2.01. The molecule has 5 nitrogen and oxygen atoms in total. The molecule has 0 aliphatic rings. The van der Waals surface area contributed by atoms with E-state index in [2.05, 4.69) is 10.1 Å². The number of fused-ring (bicyclic) bond motifs is 1.